The zero-order valence-electron chi connectivity index (χ0n) is 4.30. The summed E-state index contributed by atoms with van der Waals surface area (Å²) in [6.45, 7) is 0. The van der Waals surface area contributed by atoms with Crippen LogP contribution in [0.15, 0.2) is 0 Å². The number of hydrogen-bond donors (Lipinski definition) is 0. The Hall–Kier alpha value is 0.441. The monoisotopic (exact) mass is 258 g/mol. The second-order valence-corrected chi connectivity index (χ2v) is 1.00. The number of rotatable bonds is 2. The summed E-state index contributed by atoms with van der Waals surface area (Å²) in [6.07, 6.45) is -3.02. The predicted molar refractivity (Wildman–Crippen MR) is 20.7 cm³/mol. The van der Waals surface area contributed by atoms with Crippen LogP contribution in [0.25, 0.3) is 0 Å². The van der Waals surface area contributed by atoms with E-state index < -0.39 is 18.1 Å². The van der Waals surface area contributed by atoms with Crippen molar-refractivity contribution in [1.29, 1.82) is 0 Å². The van der Waals surface area contributed by atoms with Crippen molar-refractivity contribution in [3.8, 4) is 0 Å². The largest absolute Gasteiger partial charge is 2.00 e. The van der Waals surface area contributed by atoms with E-state index in [1.54, 1.807) is 0 Å². The van der Waals surface area contributed by atoms with Crippen LogP contribution >= 0.6 is 0 Å². The van der Waals surface area contributed by atoms with Gasteiger partial charge in [0.1, 0.15) is 0 Å². The number of carboxylic acids is 2. The summed E-state index contributed by atoms with van der Waals surface area (Å²) in [6, 6.07) is 0. The normalized spacial score (nSPS) is 8.22. The third kappa shape index (κ3) is 4.92. The van der Waals surface area contributed by atoms with E-state index >= 15 is 0 Å². The Morgan fingerprint density at radius 3 is 1.44 bits per heavy atom. The zero-order chi connectivity index (χ0) is 6.73. The van der Waals surface area contributed by atoms with Crippen LogP contribution in [0.3, 0.4) is 0 Å². The number of hydrogen-bond acceptors (Lipinski definition) is 4. The second kappa shape index (κ2) is 5.24. The first-order valence-electron chi connectivity index (χ1n) is 1.61. The maximum atomic E-state index is 11.3. The summed E-state index contributed by atoms with van der Waals surface area (Å²) in [5, 5.41) is 18.5. The van der Waals surface area contributed by atoms with E-state index in [9.17, 15) is 24.2 Å². The third-order valence-electron chi connectivity index (χ3n) is 0.414. The molecule has 9 heavy (non-hydrogen) atoms. The summed E-state index contributed by atoms with van der Waals surface area (Å²) in [5.74, 6) is -4.57. The van der Waals surface area contributed by atoms with Crippen LogP contribution in [0.4, 0.5) is 4.39 Å². The van der Waals surface area contributed by atoms with Crippen molar-refractivity contribution < 1.29 is 24.2 Å². The Morgan fingerprint density at radius 2 is 1.44 bits per heavy atom. The fourth-order valence-electron chi connectivity index (χ4n) is 0.0962. The SMILES string of the molecule is O=C([O-])C(F)C(=O)[O-].[Ba+2]. The van der Waals surface area contributed by atoms with Gasteiger partial charge in [0.05, 0.1) is 11.9 Å². The van der Waals surface area contributed by atoms with Crippen molar-refractivity contribution >= 4 is 60.8 Å². The van der Waals surface area contributed by atoms with Crippen molar-refractivity contribution in [2.75, 3.05) is 0 Å². The summed E-state index contributed by atoms with van der Waals surface area (Å²) in [7, 11) is 0. The predicted octanol–water partition coefficient (Wildman–Crippen LogP) is -3.56. The van der Waals surface area contributed by atoms with Gasteiger partial charge >= 0.3 is 48.9 Å². The van der Waals surface area contributed by atoms with E-state index in [0.717, 1.165) is 0 Å². The maximum absolute atomic E-state index is 11.3. The van der Waals surface area contributed by atoms with Gasteiger partial charge in [0, 0.05) is 0 Å². The molecule has 0 unspecified atom stereocenters. The van der Waals surface area contributed by atoms with Gasteiger partial charge in [-0.25, -0.2) is 4.39 Å². The number of halogens is 1. The maximum Gasteiger partial charge on any atom is 2.00 e. The molecule has 0 saturated heterocycles. The van der Waals surface area contributed by atoms with Gasteiger partial charge in [-0.15, -0.1) is 0 Å². The molecule has 4 nitrogen and oxygen atoms in total. The van der Waals surface area contributed by atoms with Crippen molar-refractivity contribution in [3.63, 3.8) is 0 Å². The van der Waals surface area contributed by atoms with Crippen molar-refractivity contribution in [2.24, 2.45) is 0 Å². The molecule has 0 rings (SSSR count). The molecule has 0 aliphatic heterocycles. The fourth-order valence-corrected chi connectivity index (χ4v) is 0.0962. The van der Waals surface area contributed by atoms with Crippen molar-refractivity contribution in [1.82, 2.24) is 0 Å². The van der Waals surface area contributed by atoms with Crippen molar-refractivity contribution in [3.05, 3.63) is 0 Å². The quantitative estimate of drug-likeness (QED) is 0.379. The molecule has 6 heteroatoms. The number of carbonyl (C=O) groups is 2. The molecule has 0 spiro atoms. The molecule has 46 valence electrons. The molecule has 0 radical (unpaired) electrons. The van der Waals surface area contributed by atoms with E-state index in [-0.39, 0.29) is 48.9 Å². The number of carbonyl (C=O) groups excluding carboxylic acids is 2. The van der Waals surface area contributed by atoms with E-state index in [2.05, 4.69) is 0 Å². The smallest absolute Gasteiger partial charge is 0.547 e. The van der Waals surface area contributed by atoms with E-state index in [1.807, 2.05) is 0 Å². The molecule has 0 N–H and O–H groups in total. The van der Waals surface area contributed by atoms with Crippen LogP contribution in [-0.2, 0) is 9.59 Å². The number of aliphatic carboxylic acids is 2. The van der Waals surface area contributed by atoms with Gasteiger partial charge < -0.3 is 19.8 Å². The number of carboxylic acid groups (broad SMARTS) is 2. The first-order chi connectivity index (χ1) is 3.55. The molecule has 0 aromatic rings. The molecule has 0 heterocycles. The Balaban J connectivity index is 0. The van der Waals surface area contributed by atoms with Crippen LogP contribution < -0.4 is 10.2 Å². The second-order valence-electron chi connectivity index (χ2n) is 1.00. The third-order valence-corrected chi connectivity index (χ3v) is 0.414. The van der Waals surface area contributed by atoms with Crippen LogP contribution in [0, 0.1) is 0 Å². The average Bonchev–Trinajstić information content (AvgIpc) is 1.64. The summed E-state index contributed by atoms with van der Waals surface area (Å²) >= 11 is 0. The molecule has 0 aromatic heterocycles. The summed E-state index contributed by atoms with van der Waals surface area (Å²) in [4.78, 5) is 18.5. The molecule has 0 bridgehead atoms. The van der Waals surface area contributed by atoms with Gasteiger partial charge in [-0.3, -0.25) is 0 Å². The standard InChI is InChI=1S/C3H3FO4.Ba/c4-1(2(5)6)3(7)8;/h1H,(H,5,6)(H,7,8);/q;+2/p-2. The van der Waals surface area contributed by atoms with Crippen LogP contribution in [0.5, 0.6) is 0 Å². The molecule has 0 amide bonds. The van der Waals surface area contributed by atoms with Crippen LogP contribution in [0.2, 0.25) is 0 Å². The van der Waals surface area contributed by atoms with Gasteiger partial charge in [0.25, 0.3) is 0 Å². The molecule has 0 saturated carbocycles. The molecule has 0 aliphatic carbocycles. The van der Waals surface area contributed by atoms with E-state index in [0.29, 0.717) is 0 Å². The molecular weight excluding hydrogens is 256 g/mol. The Bertz CT molecular complexity index is 111. The van der Waals surface area contributed by atoms with E-state index in [4.69, 9.17) is 0 Å². The minimum Gasteiger partial charge on any atom is -0.547 e. The average molecular weight is 257 g/mol. The molecule has 0 atom stereocenters. The first-order valence-corrected chi connectivity index (χ1v) is 1.61. The van der Waals surface area contributed by atoms with E-state index in [1.165, 1.54) is 0 Å². The van der Waals surface area contributed by atoms with Gasteiger partial charge in [-0.1, -0.05) is 0 Å². The van der Waals surface area contributed by atoms with Crippen molar-refractivity contribution in [2.45, 2.75) is 6.17 Å². The summed E-state index contributed by atoms with van der Waals surface area (Å²) in [5.41, 5.74) is 0. The molecule has 0 fully saturated rings. The Labute approximate surface area is 90.1 Å². The Kier molecular flexibility index (Phi) is 7.08. The first kappa shape index (κ1) is 12.1. The zero-order valence-corrected chi connectivity index (χ0v) is 8.74. The summed E-state index contributed by atoms with van der Waals surface area (Å²) < 4.78 is 11.3. The molecule has 0 aromatic carbocycles. The van der Waals surface area contributed by atoms with Crippen LogP contribution in [-0.4, -0.2) is 67.0 Å². The van der Waals surface area contributed by atoms with Gasteiger partial charge in [-0.2, -0.15) is 0 Å². The van der Waals surface area contributed by atoms with Gasteiger partial charge in [0.2, 0.25) is 0 Å². The molecule has 0 aliphatic rings. The number of alkyl halides is 1. The van der Waals surface area contributed by atoms with Gasteiger partial charge in [0.15, 0.2) is 6.17 Å². The van der Waals surface area contributed by atoms with Crippen LogP contribution in [0.1, 0.15) is 0 Å². The molecular formula is C3HBaFO4. The fraction of sp³-hybridized carbons (Fsp3) is 0.333. The minimum absolute atomic E-state index is 0. The van der Waals surface area contributed by atoms with Gasteiger partial charge in [-0.05, 0) is 0 Å². The topological polar surface area (TPSA) is 80.3 Å². The Morgan fingerprint density at radius 1 is 1.22 bits per heavy atom. The minimum atomic E-state index is -3.02.